The Bertz CT molecular complexity index is 971. The molecule has 2 aromatic rings. The molecule has 1 aliphatic heterocycles. The largest absolute Gasteiger partial charge is 0.502 e. The maximum absolute atomic E-state index is 12.6. The summed E-state index contributed by atoms with van der Waals surface area (Å²) < 4.78 is 7.21. The number of fused-ring (bicyclic) bond motifs is 1. The van der Waals surface area contributed by atoms with Gasteiger partial charge in [0.25, 0.3) is 5.56 Å². The van der Waals surface area contributed by atoms with Crippen molar-refractivity contribution < 1.29 is 24.5 Å². The van der Waals surface area contributed by atoms with Crippen molar-refractivity contribution in [2.24, 2.45) is 5.92 Å². The molecule has 1 fully saturated rings. The third-order valence-corrected chi connectivity index (χ3v) is 5.59. The van der Waals surface area contributed by atoms with Crippen LogP contribution in [-0.4, -0.2) is 50.4 Å². The van der Waals surface area contributed by atoms with Crippen LogP contribution >= 0.6 is 11.3 Å². The van der Waals surface area contributed by atoms with Gasteiger partial charge in [0.15, 0.2) is 5.75 Å². The number of aromatic hydroxyl groups is 1. The van der Waals surface area contributed by atoms with Crippen LogP contribution in [0.15, 0.2) is 16.2 Å². The normalized spacial score (nSPS) is 17.7. The molecule has 0 aromatic carbocycles. The van der Waals surface area contributed by atoms with Gasteiger partial charge in [0, 0.05) is 19.6 Å². The van der Waals surface area contributed by atoms with E-state index in [1.54, 1.807) is 16.3 Å². The van der Waals surface area contributed by atoms with Gasteiger partial charge in [0.1, 0.15) is 11.2 Å². The molecule has 0 bridgehead atoms. The van der Waals surface area contributed by atoms with Gasteiger partial charge in [-0.15, -0.1) is 11.3 Å². The fraction of sp³-hybridized carbons (Fsp3) is 0.526. The van der Waals surface area contributed by atoms with Crippen molar-refractivity contribution in [1.29, 1.82) is 0 Å². The van der Waals surface area contributed by atoms with E-state index in [0.717, 1.165) is 12.8 Å². The number of hydrogen-bond acceptors (Lipinski definition) is 6. The first-order valence-electron chi connectivity index (χ1n) is 9.12. The predicted molar refractivity (Wildman–Crippen MR) is 105 cm³/mol. The predicted octanol–water partition coefficient (Wildman–Crippen LogP) is 3.11. The van der Waals surface area contributed by atoms with E-state index in [4.69, 9.17) is 4.74 Å². The van der Waals surface area contributed by atoms with E-state index >= 15 is 0 Å². The molecule has 0 aliphatic carbocycles. The SMILES string of the molecule is CC(C)(C)OC(=O)N1CCCC(Cn2c(=O)c(O)c(C(=O)O)c3sccc32)C1. The quantitative estimate of drug-likeness (QED) is 0.808. The number of carbonyl (C=O) groups is 2. The van der Waals surface area contributed by atoms with Gasteiger partial charge in [0.2, 0.25) is 0 Å². The summed E-state index contributed by atoms with van der Waals surface area (Å²) in [7, 11) is 0. The zero-order chi connectivity index (χ0) is 20.6. The average molecular weight is 408 g/mol. The number of aromatic carboxylic acids is 1. The fourth-order valence-corrected chi connectivity index (χ4v) is 4.43. The molecule has 9 heteroatoms. The number of thiophene rings is 1. The second-order valence-corrected chi connectivity index (χ2v) is 8.93. The first kappa shape index (κ1) is 20.2. The van der Waals surface area contributed by atoms with E-state index in [0.29, 0.717) is 29.9 Å². The van der Waals surface area contributed by atoms with Crippen LogP contribution in [0.1, 0.15) is 44.0 Å². The van der Waals surface area contributed by atoms with Crippen molar-refractivity contribution >= 4 is 33.6 Å². The second kappa shape index (κ2) is 7.46. The van der Waals surface area contributed by atoms with Gasteiger partial charge in [-0.3, -0.25) is 4.79 Å². The fourth-order valence-electron chi connectivity index (χ4n) is 3.50. The number of aromatic nitrogens is 1. The number of nitrogens with zero attached hydrogens (tertiary/aromatic N) is 2. The Kier molecular flexibility index (Phi) is 5.38. The molecule has 1 unspecified atom stereocenters. The Morgan fingerprint density at radius 1 is 1.36 bits per heavy atom. The monoisotopic (exact) mass is 408 g/mol. The summed E-state index contributed by atoms with van der Waals surface area (Å²) in [6, 6.07) is 1.68. The van der Waals surface area contributed by atoms with E-state index in [1.807, 2.05) is 20.8 Å². The summed E-state index contributed by atoms with van der Waals surface area (Å²) >= 11 is 1.17. The summed E-state index contributed by atoms with van der Waals surface area (Å²) in [5.41, 5.74) is -1.18. The van der Waals surface area contributed by atoms with Gasteiger partial charge in [-0.25, -0.2) is 9.59 Å². The Balaban J connectivity index is 1.87. The molecule has 1 saturated heterocycles. The molecule has 3 heterocycles. The molecule has 0 spiro atoms. The first-order valence-corrected chi connectivity index (χ1v) is 10.0. The number of hydrogen-bond donors (Lipinski definition) is 2. The topological polar surface area (TPSA) is 109 Å². The maximum Gasteiger partial charge on any atom is 0.410 e. The lowest BCUT2D eigenvalue weighted by Gasteiger charge is -2.34. The molecule has 0 radical (unpaired) electrons. The van der Waals surface area contributed by atoms with Crippen molar-refractivity contribution in [2.45, 2.75) is 45.8 Å². The molecule has 28 heavy (non-hydrogen) atoms. The van der Waals surface area contributed by atoms with Gasteiger partial charge < -0.3 is 24.4 Å². The standard InChI is InChI=1S/C19H24N2O6S/c1-19(2,3)27-18(26)20-7-4-5-11(9-20)10-21-12-6-8-28-15(12)13(17(24)25)14(22)16(21)23/h6,8,11,22H,4-5,7,9-10H2,1-3H3,(H,24,25). The number of carbonyl (C=O) groups excluding carboxylic acids is 1. The number of likely N-dealkylation sites (tertiary alicyclic amines) is 1. The van der Waals surface area contributed by atoms with Crippen LogP contribution in [-0.2, 0) is 11.3 Å². The van der Waals surface area contributed by atoms with E-state index < -0.39 is 22.9 Å². The zero-order valence-electron chi connectivity index (χ0n) is 16.1. The molecule has 152 valence electrons. The summed E-state index contributed by atoms with van der Waals surface area (Å²) in [5.74, 6) is -2.08. The molecule has 1 atom stereocenters. The number of rotatable bonds is 3. The van der Waals surface area contributed by atoms with Crippen molar-refractivity contribution in [3.8, 4) is 5.75 Å². The van der Waals surface area contributed by atoms with Crippen molar-refractivity contribution in [3.63, 3.8) is 0 Å². The molecule has 8 nitrogen and oxygen atoms in total. The second-order valence-electron chi connectivity index (χ2n) is 8.01. The van der Waals surface area contributed by atoms with E-state index in [9.17, 15) is 24.6 Å². The maximum atomic E-state index is 12.6. The number of carboxylic acids is 1. The number of piperidine rings is 1. The number of carboxylic acid groups (broad SMARTS) is 1. The molecular formula is C19H24N2O6S. The number of pyridine rings is 1. The summed E-state index contributed by atoms with van der Waals surface area (Å²) in [5, 5.41) is 21.2. The third kappa shape index (κ3) is 3.99. The highest BCUT2D eigenvalue weighted by atomic mass is 32.1. The Labute approximate surface area is 166 Å². The van der Waals surface area contributed by atoms with E-state index in [1.165, 1.54) is 15.9 Å². The molecule has 2 aromatic heterocycles. The van der Waals surface area contributed by atoms with Gasteiger partial charge in [-0.2, -0.15) is 0 Å². The Morgan fingerprint density at radius 3 is 2.71 bits per heavy atom. The summed E-state index contributed by atoms with van der Waals surface area (Å²) in [6.45, 7) is 6.76. The van der Waals surface area contributed by atoms with Gasteiger partial charge in [-0.05, 0) is 51.0 Å². The lowest BCUT2D eigenvalue weighted by Crippen LogP contribution is -2.44. The van der Waals surface area contributed by atoms with Crippen molar-refractivity contribution in [2.75, 3.05) is 13.1 Å². The average Bonchev–Trinajstić information content (AvgIpc) is 3.06. The van der Waals surface area contributed by atoms with Crippen LogP contribution in [0.25, 0.3) is 10.2 Å². The summed E-state index contributed by atoms with van der Waals surface area (Å²) in [4.78, 5) is 38.1. The minimum absolute atomic E-state index is 0.00264. The van der Waals surface area contributed by atoms with Gasteiger partial charge in [0.05, 0.1) is 10.2 Å². The van der Waals surface area contributed by atoms with Crippen LogP contribution in [0.2, 0.25) is 0 Å². The van der Waals surface area contributed by atoms with Crippen LogP contribution in [0.4, 0.5) is 4.79 Å². The first-order chi connectivity index (χ1) is 13.1. The number of ether oxygens (including phenoxy) is 1. The molecule has 1 amide bonds. The van der Waals surface area contributed by atoms with Gasteiger partial charge in [-0.1, -0.05) is 0 Å². The highest BCUT2D eigenvalue weighted by Crippen LogP contribution is 2.30. The van der Waals surface area contributed by atoms with Gasteiger partial charge >= 0.3 is 12.1 Å². The van der Waals surface area contributed by atoms with Crippen molar-refractivity contribution in [3.05, 3.63) is 27.4 Å². The van der Waals surface area contributed by atoms with Crippen LogP contribution in [0.5, 0.6) is 5.75 Å². The van der Waals surface area contributed by atoms with Crippen LogP contribution < -0.4 is 5.56 Å². The Morgan fingerprint density at radius 2 is 2.07 bits per heavy atom. The molecule has 0 saturated carbocycles. The van der Waals surface area contributed by atoms with Crippen molar-refractivity contribution in [1.82, 2.24) is 9.47 Å². The van der Waals surface area contributed by atoms with E-state index in [2.05, 4.69) is 0 Å². The highest BCUT2D eigenvalue weighted by Gasteiger charge is 2.29. The third-order valence-electron chi connectivity index (χ3n) is 4.67. The lowest BCUT2D eigenvalue weighted by molar-refractivity contribution is 0.0157. The minimum atomic E-state index is -1.33. The Hall–Kier alpha value is -2.55. The number of amides is 1. The molecule has 1 aliphatic rings. The highest BCUT2D eigenvalue weighted by molar-refractivity contribution is 7.17. The molecule has 3 rings (SSSR count). The zero-order valence-corrected chi connectivity index (χ0v) is 16.9. The molecular weight excluding hydrogens is 384 g/mol. The van der Waals surface area contributed by atoms with E-state index in [-0.39, 0.29) is 17.6 Å². The van der Waals surface area contributed by atoms with Crippen LogP contribution in [0.3, 0.4) is 0 Å². The lowest BCUT2D eigenvalue weighted by atomic mass is 9.98. The van der Waals surface area contributed by atoms with Crippen LogP contribution in [0, 0.1) is 5.92 Å². The molecule has 2 N–H and O–H groups in total. The smallest absolute Gasteiger partial charge is 0.410 e. The summed E-state index contributed by atoms with van der Waals surface area (Å²) in [6.07, 6.45) is 1.22. The minimum Gasteiger partial charge on any atom is -0.502 e.